The molecule has 0 bridgehead atoms. The Morgan fingerprint density at radius 2 is 2.00 bits per heavy atom. The molecule has 4 nitrogen and oxygen atoms in total. The highest BCUT2D eigenvalue weighted by molar-refractivity contribution is 6.16. The summed E-state index contributed by atoms with van der Waals surface area (Å²) in [4.78, 5) is 23.6. The van der Waals surface area contributed by atoms with Gasteiger partial charge in [-0.05, 0) is 13.1 Å². The third kappa shape index (κ3) is 2.74. The van der Waals surface area contributed by atoms with Crippen molar-refractivity contribution in [3.05, 3.63) is 24.4 Å². The fourth-order valence-corrected chi connectivity index (χ4v) is 0.711. The molecule has 0 spiro atoms. The molecule has 0 aliphatic heterocycles. The second-order valence-corrected chi connectivity index (χ2v) is 2.29. The van der Waals surface area contributed by atoms with Crippen LogP contribution >= 0.6 is 0 Å². The van der Waals surface area contributed by atoms with Crippen molar-refractivity contribution in [1.82, 2.24) is 4.90 Å². The molecule has 72 valence electrons. The average molecular weight is 183 g/mol. The Kier molecular flexibility index (Phi) is 4.51. The lowest BCUT2D eigenvalue weighted by Crippen LogP contribution is -2.26. The highest BCUT2D eigenvalue weighted by Crippen LogP contribution is 2.02. The number of ether oxygens (including phenoxy) is 1. The number of hydrogen-bond acceptors (Lipinski definition) is 3. The number of nitrogens with zero attached hydrogens (tertiary/aromatic N) is 1. The number of methoxy groups -OCH3 is 1. The summed E-state index contributed by atoms with van der Waals surface area (Å²) in [5.74, 6) is -1.06. The van der Waals surface area contributed by atoms with Gasteiger partial charge in [-0.1, -0.05) is 12.7 Å². The van der Waals surface area contributed by atoms with Gasteiger partial charge in [0.25, 0.3) is 5.91 Å². The van der Waals surface area contributed by atoms with Crippen LogP contribution in [0.25, 0.3) is 0 Å². The van der Waals surface area contributed by atoms with Crippen molar-refractivity contribution in [3.8, 4) is 0 Å². The molecule has 0 unspecified atom stereocenters. The molecule has 0 radical (unpaired) electrons. The first kappa shape index (κ1) is 11.4. The molecule has 0 aromatic heterocycles. The van der Waals surface area contributed by atoms with Crippen molar-refractivity contribution in [1.29, 1.82) is 0 Å². The van der Waals surface area contributed by atoms with Crippen LogP contribution in [0.5, 0.6) is 0 Å². The van der Waals surface area contributed by atoms with Crippen LogP contribution in [0.1, 0.15) is 6.92 Å². The van der Waals surface area contributed by atoms with E-state index in [0.717, 1.165) is 0 Å². The van der Waals surface area contributed by atoms with Gasteiger partial charge in [0.2, 0.25) is 0 Å². The molecular weight excluding hydrogens is 170 g/mol. The van der Waals surface area contributed by atoms with Gasteiger partial charge in [-0.25, -0.2) is 4.79 Å². The van der Waals surface area contributed by atoms with E-state index in [4.69, 9.17) is 0 Å². The molecule has 0 aromatic rings. The Morgan fingerprint density at radius 1 is 1.46 bits per heavy atom. The maximum Gasteiger partial charge on any atom is 0.343 e. The topological polar surface area (TPSA) is 46.6 Å². The predicted molar refractivity (Wildman–Crippen MR) is 48.7 cm³/mol. The zero-order valence-corrected chi connectivity index (χ0v) is 8.03. The van der Waals surface area contributed by atoms with E-state index in [-0.39, 0.29) is 5.57 Å². The summed E-state index contributed by atoms with van der Waals surface area (Å²) in [7, 11) is 2.74. The van der Waals surface area contributed by atoms with E-state index in [2.05, 4.69) is 11.3 Å². The van der Waals surface area contributed by atoms with Crippen LogP contribution in [-0.4, -0.2) is 30.9 Å². The number of allylic oxidation sites excluding steroid dienone is 1. The molecular formula is C9H13NO3. The van der Waals surface area contributed by atoms with Gasteiger partial charge in [-0.15, -0.1) is 0 Å². The minimum Gasteiger partial charge on any atom is -0.465 e. The lowest BCUT2D eigenvalue weighted by atomic mass is 10.2. The number of esters is 1. The summed E-state index contributed by atoms with van der Waals surface area (Å²) < 4.78 is 4.43. The largest absolute Gasteiger partial charge is 0.465 e. The van der Waals surface area contributed by atoms with E-state index in [9.17, 15) is 9.59 Å². The van der Waals surface area contributed by atoms with Crippen LogP contribution in [0.4, 0.5) is 0 Å². The Hall–Kier alpha value is -1.58. The van der Waals surface area contributed by atoms with E-state index < -0.39 is 11.9 Å². The molecule has 1 amide bonds. The SMILES string of the molecule is C=CN(C)C(=O)/C(=C\C)C(=O)OC. The average Bonchev–Trinajstić information content (AvgIpc) is 2.17. The zero-order chi connectivity index (χ0) is 10.4. The van der Waals surface area contributed by atoms with E-state index in [1.165, 1.54) is 31.3 Å². The zero-order valence-electron chi connectivity index (χ0n) is 8.03. The first-order valence-electron chi connectivity index (χ1n) is 3.72. The fraction of sp³-hybridized carbons (Fsp3) is 0.333. The van der Waals surface area contributed by atoms with E-state index in [1.54, 1.807) is 6.92 Å². The lowest BCUT2D eigenvalue weighted by Gasteiger charge is -2.11. The van der Waals surface area contributed by atoms with Gasteiger partial charge in [0, 0.05) is 7.05 Å². The van der Waals surface area contributed by atoms with Crippen LogP contribution in [-0.2, 0) is 14.3 Å². The van der Waals surface area contributed by atoms with Crippen molar-refractivity contribution in [3.63, 3.8) is 0 Å². The van der Waals surface area contributed by atoms with Crippen molar-refractivity contribution >= 4 is 11.9 Å². The minimum atomic E-state index is -0.638. The molecule has 0 aliphatic rings. The second-order valence-electron chi connectivity index (χ2n) is 2.29. The minimum absolute atomic E-state index is 0.00454. The number of likely N-dealkylation sites (N-methyl/N-ethyl adjacent to an activating group) is 1. The van der Waals surface area contributed by atoms with Crippen LogP contribution in [0, 0.1) is 0 Å². The van der Waals surface area contributed by atoms with Crippen LogP contribution in [0.3, 0.4) is 0 Å². The van der Waals surface area contributed by atoms with Gasteiger partial charge in [-0.3, -0.25) is 4.79 Å². The van der Waals surface area contributed by atoms with Crippen molar-refractivity contribution in [2.24, 2.45) is 0 Å². The Balaban J connectivity index is 4.71. The highest BCUT2D eigenvalue weighted by atomic mass is 16.5. The summed E-state index contributed by atoms with van der Waals surface area (Å²) >= 11 is 0. The first-order chi connectivity index (χ1) is 6.08. The van der Waals surface area contributed by atoms with Crippen LogP contribution in [0.15, 0.2) is 24.4 Å². The molecule has 0 aromatic carbocycles. The van der Waals surface area contributed by atoms with Gasteiger partial charge in [0.1, 0.15) is 5.57 Å². The molecule has 4 heteroatoms. The van der Waals surface area contributed by atoms with Crippen molar-refractivity contribution < 1.29 is 14.3 Å². The maximum absolute atomic E-state index is 11.4. The maximum atomic E-state index is 11.4. The molecule has 0 N–H and O–H groups in total. The van der Waals surface area contributed by atoms with Crippen molar-refractivity contribution in [2.45, 2.75) is 6.92 Å². The molecule has 0 atom stereocenters. The smallest absolute Gasteiger partial charge is 0.343 e. The fourth-order valence-electron chi connectivity index (χ4n) is 0.711. The second kappa shape index (κ2) is 5.13. The summed E-state index contributed by atoms with van der Waals surface area (Å²) in [5.41, 5.74) is 0.00454. The van der Waals surface area contributed by atoms with Crippen LogP contribution in [0.2, 0.25) is 0 Å². The third-order valence-electron chi connectivity index (χ3n) is 1.52. The predicted octanol–water partition coefficient (Wildman–Crippen LogP) is 0.708. The van der Waals surface area contributed by atoms with Gasteiger partial charge in [0.15, 0.2) is 0 Å². The quantitative estimate of drug-likeness (QED) is 0.280. The monoisotopic (exact) mass is 183 g/mol. The summed E-state index contributed by atoms with van der Waals surface area (Å²) in [6.45, 7) is 5.01. The van der Waals surface area contributed by atoms with Gasteiger partial charge < -0.3 is 9.64 Å². The van der Waals surface area contributed by atoms with Crippen molar-refractivity contribution in [2.75, 3.05) is 14.2 Å². The first-order valence-corrected chi connectivity index (χ1v) is 3.72. The molecule has 0 heterocycles. The highest BCUT2D eigenvalue weighted by Gasteiger charge is 2.19. The Labute approximate surface area is 77.5 Å². The molecule has 0 fully saturated rings. The van der Waals surface area contributed by atoms with E-state index in [1.807, 2.05) is 0 Å². The van der Waals surface area contributed by atoms with Gasteiger partial charge in [-0.2, -0.15) is 0 Å². The standard InChI is InChI=1S/C9H13NO3/c1-5-7(9(12)13-4)8(11)10(3)6-2/h5-6H,2H2,1,3-4H3/b7-5+. The van der Waals surface area contributed by atoms with E-state index in [0.29, 0.717) is 0 Å². The van der Waals surface area contributed by atoms with Gasteiger partial charge in [0.05, 0.1) is 7.11 Å². The molecule has 13 heavy (non-hydrogen) atoms. The summed E-state index contributed by atoms with van der Waals surface area (Å²) in [5, 5.41) is 0. The normalized spacial score (nSPS) is 10.5. The number of hydrogen-bond donors (Lipinski definition) is 0. The third-order valence-corrected chi connectivity index (χ3v) is 1.52. The van der Waals surface area contributed by atoms with Gasteiger partial charge >= 0.3 is 5.97 Å². The lowest BCUT2D eigenvalue weighted by molar-refractivity contribution is -0.139. The van der Waals surface area contributed by atoms with Crippen LogP contribution < -0.4 is 0 Å². The molecule has 0 saturated carbocycles. The number of carbonyl (C=O) groups is 2. The number of carbonyl (C=O) groups excluding carboxylic acids is 2. The Bertz CT molecular complexity index is 256. The Morgan fingerprint density at radius 3 is 2.31 bits per heavy atom. The summed E-state index contributed by atoms with van der Waals surface area (Å²) in [6, 6.07) is 0. The summed E-state index contributed by atoms with van der Waals surface area (Å²) in [6.07, 6.45) is 2.74. The molecule has 0 rings (SSSR count). The number of amides is 1. The van der Waals surface area contributed by atoms with E-state index >= 15 is 0 Å². The number of rotatable bonds is 3. The molecule has 0 aliphatic carbocycles. The molecule has 0 saturated heterocycles.